The van der Waals surface area contributed by atoms with E-state index in [0.29, 0.717) is 24.8 Å². The monoisotopic (exact) mass is 490 g/mol. The number of fused-ring (bicyclic) bond motifs is 1. The maximum atomic E-state index is 12.6. The van der Waals surface area contributed by atoms with E-state index in [1.54, 1.807) is 0 Å². The van der Waals surface area contributed by atoms with Gasteiger partial charge in [0.15, 0.2) is 0 Å². The Balaban J connectivity index is 1.37. The molecule has 7 heteroatoms. The molecule has 36 heavy (non-hydrogen) atoms. The Morgan fingerprint density at radius 3 is 2.11 bits per heavy atom. The summed E-state index contributed by atoms with van der Waals surface area (Å²) in [6.07, 6.45) is 4.46. The van der Waals surface area contributed by atoms with E-state index in [9.17, 15) is 14.4 Å². The molecule has 4 rings (SSSR count). The van der Waals surface area contributed by atoms with Crippen molar-refractivity contribution >= 4 is 17.9 Å². The van der Waals surface area contributed by atoms with E-state index in [1.165, 1.54) is 13.4 Å². The number of rotatable bonds is 10. The zero-order chi connectivity index (χ0) is 25.3. The van der Waals surface area contributed by atoms with Crippen LogP contribution in [0.2, 0.25) is 0 Å². The quantitative estimate of drug-likeness (QED) is 0.279. The fraction of sp³-hybridized carbons (Fsp3) is 0.345. The second kappa shape index (κ2) is 12.2. The minimum Gasteiger partial charge on any atom is -0.466 e. The van der Waals surface area contributed by atoms with Crippen molar-refractivity contribution < 1.29 is 33.3 Å². The van der Waals surface area contributed by atoms with Crippen LogP contribution in [0.25, 0.3) is 0 Å². The highest BCUT2D eigenvalue weighted by atomic mass is 16.7. The molecule has 0 fully saturated rings. The minimum atomic E-state index is -0.913. The molecule has 0 radical (unpaired) electrons. The summed E-state index contributed by atoms with van der Waals surface area (Å²) in [7, 11) is 1.31. The molecule has 1 heterocycles. The number of allylic oxidation sites excluding steroid dienone is 1. The predicted molar refractivity (Wildman–Crippen MR) is 131 cm³/mol. The number of carbonyl (C=O) groups excluding carboxylic acids is 3. The van der Waals surface area contributed by atoms with Crippen LogP contribution in [-0.2, 0) is 46.2 Å². The first-order chi connectivity index (χ1) is 17.5. The topological polar surface area (TPSA) is 88.1 Å². The van der Waals surface area contributed by atoms with Gasteiger partial charge in [-0.05, 0) is 36.0 Å². The number of ether oxygens (including phenoxy) is 4. The number of hydrogen-bond acceptors (Lipinski definition) is 7. The number of methoxy groups -OCH3 is 1. The Morgan fingerprint density at radius 1 is 0.889 bits per heavy atom. The highest BCUT2D eigenvalue weighted by molar-refractivity contribution is 5.89. The summed E-state index contributed by atoms with van der Waals surface area (Å²) in [5, 5.41) is 0. The lowest BCUT2D eigenvalue weighted by molar-refractivity contribution is -0.183. The van der Waals surface area contributed by atoms with Gasteiger partial charge in [0.05, 0.1) is 24.9 Å². The zero-order valence-electron chi connectivity index (χ0n) is 20.3. The predicted octanol–water partition coefficient (Wildman–Crippen LogP) is 4.31. The molecule has 0 spiro atoms. The zero-order valence-corrected chi connectivity index (χ0v) is 20.3. The van der Waals surface area contributed by atoms with E-state index in [0.717, 1.165) is 16.7 Å². The number of esters is 3. The van der Waals surface area contributed by atoms with Gasteiger partial charge in [0.2, 0.25) is 0 Å². The fourth-order valence-corrected chi connectivity index (χ4v) is 4.60. The summed E-state index contributed by atoms with van der Waals surface area (Å²) in [4.78, 5) is 37.3. The van der Waals surface area contributed by atoms with Crippen LogP contribution in [0.15, 0.2) is 84.1 Å². The van der Waals surface area contributed by atoms with E-state index >= 15 is 0 Å². The van der Waals surface area contributed by atoms with E-state index < -0.39 is 24.1 Å². The molecule has 188 valence electrons. The van der Waals surface area contributed by atoms with E-state index in [4.69, 9.17) is 18.9 Å². The summed E-state index contributed by atoms with van der Waals surface area (Å²) < 4.78 is 21.8. The van der Waals surface area contributed by atoms with Crippen LogP contribution in [0.5, 0.6) is 0 Å². The van der Waals surface area contributed by atoms with Crippen molar-refractivity contribution in [1.82, 2.24) is 0 Å². The summed E-state index contributed by atoms with van der Waals surface area (Å²) in [5.74, 6) is -1.93. The van der Waals surface area contributed by atoms with Crippen molar-refractivity contribution in [3.63, 3.8) is 0 Å². The lowest BCUT2D eigenvalue weighted by Gasteiger charge is -2.34. The van der Waals surface area contributed by atoms with Crippen LogP contribution in [0.1, 0.15) is 30.4 Å². The third kappa shape index (κ3) is 6.42. The van der Waals surface area contributed by atoms with Crippen LogP contribution in [0, 0.1) is 11.8 Å². The van der Waals surface area contributed by atoms with Gasteiger partial charge in [-0.15, -0.1) is 0 Å². The highest BCUT2D eigenvalue weighted by Gasteiger charge is 2.46. The Kier molecular flexibility index (Phi) is 8.55. The molecule has 0 aromatic heterocycles. The highest BCUT2D eigenvalue weighted by Crippen LogP contribution is 2.44. The van der Waals surface area contributed by atoms with E-state index in [2.05, 4.69) is 0 Å². The first-order valence-electron chi connectivity index (χ1n) is 12.1. The molecule has 2 aromatic rings. The lowest BCUT2D eigenvalue weighted by atomic mass is 9.83. The van der Waals surface area contributed by atoms with Gasteiger partial charge in [-0.25, -0.2) is 4.79 Å². The van der Waals surface area contributed by atoms with Gasteiger partial charge in [0.1, 0.15) is 6.61 Å². The van der Waals surface area contributed by atoms with E-state index in [-0.39, 0.29) is 31.3 Å². The van der Waals surface area contributed by atoms with Gasteiger partial charge in [-0.3, -0.25) is 9.59 Å². The molecule has 2 aromatic carbocycles. The van der Waals surface area contributed by atoms with Gasteiger partial charge in [0, 0.05) is 18.8 Å². The maximum Gasteiger partial charge on any atom is 0.337 e. The van der Waals surface area contributed by atoms with Gasteiger partial charge < -0.3 is 18.9 Å². The van der Waals surface area contributed by atoms with Gasteiger partial charge in [0.25, 0.3) is 6.29 Å². The SMILES string of the molecule is COC(=O)C1=CO[C@@H](OC(=O)CCc2ccccc2)C2C(COC(=O)CCc3ccccc3)=CCC12. The second-order valence-electron chi connectivity index (χ2n) is 8.84. The van der Waals surface area contributed by atoms with Crippen molar-refractivity contribution in [2.24, 2.45) is 11.8 Å². The normalized spacial score (nSPS) is 20.3. The molecule has 0 amide bonds. The lowest BCUT2D eigenvalue weighted by Crippen LogP contribution is -2.39. The second-order valence-corrected chi connectivity index (χ2v) is 8.84. The van der Waals surface area contributed by atoms with Crippen molar-refractivity contribution in [2.45, 2.75) is 38.4 Å². The number of aryl methyl sites for hydroxylation is 2. The summed E-state index contributed by atoms with van der Waals surface area (Å²) >= 11 is 0. The largest absolute Gasteiger partial charge is 0.466 e. The van der Waals surface area contributed by atoms with E-state index in [1.807, 2.05) is 66.7 Å². The first kappa shape index (κ1) is 25.2. The molecule has 1 aliphatic heterocycles. The Labute approximate surface area is 210 Å². The first-order valence-corrected chi connectivity index (χ1v) is 12.1. The van der Waals surface area contributed by atoms with Gasteiger partial charge >= 0.3 is 17.9 Å². The average molecular weight is 491 g/mol. The molecule has 0 saturated heterocycles. The van der Waals surface area contributed by atoms with Gasteiger partial charge in [-0.2, -0.15) is 0 Å². The molecule has 2 aliphatic rings. The molecular weight excluding hydrogens is 460 g/mol. The van der Waals surface area contributed by atoms with Crippen LogP contribution in [-0.4, -0.2) is 37.9 Å². The molecule has 0 bridgehead atoms. The Bertz CT molecular complexity index is 1120. The van der Waals surface area contributed by atoms with Crippen molar-refractivity contribution in [1.29, 1.82) is 0 Å². The standard InChI is InChI=1S/C29H30O7/c1-33-28(32)24-19-35-29(36-26(31)17-13-21-10-6-3-7-11-21)27-22(14-15-23(24)27)18-34-25(30)16-12-20-8-4-2-5-9-20/h2-11,14,19,23,27,29H,12-13,15-18H2,1H3/t23?,27?,29-/m0/s1. The number of carbonyl (C=O) groups is 3. The third-order valence-corrected chi connectivity index (χ3v) is 6.51. The van der Waals surface area contributed by atoms with Crippen molar-refractivity contribution in [2.75, 3.05) is 13.7 Å². The van der Waals surface area contributed by atoms with Crippen LogP contribution in [0.3, 0.4) is 0 Å². The molecule has 1 aliphatic carbocycles. The Morgan fingerprint density at radius 2 is 1.50 bits per heavy atom. The fourth-order valence-electron chi connectivity index (χ4n) is 4.60. The van der Waals surface area contributed by atoms with Crippen LogP contribution in [0.4, 0.5) is 0 Å². The smallest absolute Gasteiger partial charge is 0.337 e. The van der Waals surface area contributed by atoms with Crippen molar-refractivity contribution in [3.8, 4) is 0 Å². The number of hydrogen-bond donors (Lipinski definition) is 0. The summed E-state index contributed by atoms with van der Waals surface area (Å²) in [6, 6.07) is 19.4. The molecule has 2 unspecified atom stereocenters. The van der Waals surface area contributed by atoms with Crippen LogP contribution >= 0.6 is 0 Å². The summed E-state index contributed by atoms with van der Waals surface area (Å²) in [5.41, 5.74) is 3.24. The minimum absolute atomic E-state index is 0.0463. The van der Waals surface area contributed by atoms with Crippen LogP contribution < -0.4 is 0 Å². The maximum absolute atomic E-state index is 12.6. The average Bonchev–Trinajstić information content (AvgIpc) is 3.35. The summed E-state index contributed by atoms with van der Waals surface area (Å²) in [6.45, 7) is 0.0463. The third-order valence-electron chi connectivity index (χ3n) is 6.51. The number of benzene rings is 2. The molecule has 0 saturated carbocycles. The molecule has 3 atom stereocenters. The molecule has 0 N–H and O–H groups in total. The molecule has 7 nitrogen and oxygen atoms in total. The van der Waals surface area contributed by atoms with Gasteiger partial charge in [-0.1, -0.05) is 66.7 Å². The van der Waals surface area contributed by atoms with Crippen molar-refractivity contribution in [3.05, 3.63) is 95.3 Å². The Hall–Kier alpha value is -3.87. The molecular formula is C29H30O7.